The van der Waals surface area contributed by atoms with Gasteiger partial charge in [0.25, 0.3) is 0 Å². The van der Waals surface area contributed by atoms with Crippen LogP contribution in [0.15, 0.2) is 0 Å². The first-order chi connectivity index (χ1) is 4.85. The van der Waals surface area contributed by atoms with Gasteiger partial charge >= 0.3 is 7.32 Å². The molecule has 0 bridgehead atoms. The zero-order chi connectivity index (χ0) is 7.82. The average molecular weight is 169 g/mol. The summed E-state index contributed by atoms with van der Waals surface area (Å²) >= 11 is 0. The van der Waals surface area contributed by atoms with Crippen molar-refractivity contribution in [3.05, 3.63) is 0 Å². The molecule has 0 atom stereocenters. The van der Waals surface area contributed by atoms with E-state index in [4.69, 9.17) is 14.0 Å². The number of hydrogen-bond acceptors (Lipinski definition) is 3. The summed E-state index contributed by atoms with van der Waals surface area (Å²) in [5.41, 5.74) is 0. The Morgan fingerprint density at radius 1 is 0.818 bits per heavy atom. The summed E-state index contributed by atoms with van der Waals surface area (Å²) in [7, 11) is -0.472. The normalized spacial score (nSPS) is 9.00. The molecule has 0 amide bonds. The van der Waals surface area contributed by atoms with E-state index in [0.717, 1.165) is 0 Å². The van der Waals surface area contributed by atoms with Gasteiger partial charge in [-0.1, -0.05) is 0 Å². The molecule has 61 valence electrons. The molecule has 0 aromatic heterocycles. The molecule has 0 aliphatic heterocycles. The molecule has 0 aliphatic rings. The van der Waals surface area contributed by atoms with Gasteiger partial charge in [-0.05, 0) is 20.8 Å². The van der Waals surface area contributed by atoms with Gasteiger partial charge in [0.2, 0.25) is 0 Å². The molecule has 0 aromatic rings. The van der Waals surface area contributed by atoms with E-state index < -0.39 is 7.32 Å². The third-order valence-corrected chi connectivity index (χ3v) is 0.908. The van der Waals surface area contributed by atoms with Crippen molar-refractivity contribution in [2.24, 2.45) is 0 Å². The molecule has 1 radical (unpaired) electrons. The van der Waals surface area contributed by atoms with Crippen LogP contribution in [0.25, 0.3) is 0 Å². The maximum atomic E-state index is 5.08. The fourth-order valence-electron chi connectivity index (χ4n) is 0.553. The molecule has 0 saturated heterocycles. The standard InChI is InChI=1S/C6H15BO3.Na/c1-4-8-7(9-5-2)10-6-3;/h4-6H2,1-3H3;. The Morgan fingerprint density at radius 2 is 1.09 bits per heavy atom. The fourth-order valence-corrected chi connectivity index (χ4v) is 0.553. The van der Waals surface area contributed by atoms with Crippen molar-refractivity contribution in [3.63, 3.8) is 0 Å². The first-order valence-electron chi connectivity index (χ1n) is 3.69. The number of rotatable bonds is 6. The van der Waals surface area contributed by atoms with E-state index in [9.17, 15) is 0 Å². The Balaban J connectivity index is 0. The van der Waals surface area contributed by atoms with Crippen molar-refractivity contribution in [2.45, 2.75) is 20.8 Å². The van der Waals surface area contributed by atoms with Crippen molar-refractivity contribution in [3.8, 4) is 0 Å². The molecular weight excluding hydrogens is 154 g/mol. The van der Waals surface area contributed by atoms with Gasteiger partial charge in [-0.25, -0.2) is 0 Å². The largest absolute Gasteiger partial charge is 0.639 e. The molecule has 0 aliphatic carbocycles. The monoisotopic (exact) mass is 169 g/mol. The number of hydrogen-bond donors (Lipinski definition) is 0. The molecule has 11 heavy (non-hydrogen) atoms. The van der Waals surface area contributed by atoms with Gasteiger partial charge in [0.05, 0.1) is 0 Å². The van der Waals surface area contributed by atoms with E-state index in [0.29, 0.717) is 19.8 Å². The second kappa shape index (κ2) is 10.9. The first-order valence-corrected chi connectivity index (χ1v) is 3.69. The second-order valence-corrected chi connectivity index (χ2v) is 1.65. The van der Waals surface area contributed by atoms with E-state index in [1.165, 1.54) is 0 Å². The molecule has 0 spiro atoms. The van der Waals surface area contributed by atoms with Gasteiger partial charge in [-0.3, -0.25) is 0 Å². The molecule has 0 unspecified atom stereocenters. The molecule has 0 N–H and O–H groups in total. The van der Waals surface area contributed by atoms with E-state index in [-0.39, 0.29) is 29.6 Å². The fraction of sp³-hybridized carbons (Fsp3) is 1.00. The smallest absolute Gasteiger partial charge is 0.386 e. The molecule has 0 heterocycles. The molecule has 5 heteroatoms. The van der Waals surface area contributed by atoms with E-state index in [1.807, 2.05) is 20.8 Å². The molecule has 0 rings (SSSR count). The molecule has 0 saturated carbocycles. The molecule has 3 nitrogen and oxygen atoms in total. The van der Waals surface area contributed by atoms with Gasteiger partial charge in [0.15, 0.2) is 0 Å². The Bertz CT molecular complexity index is 60.6. The zero-order valence-electron chi connectivity index (χ0n) is 7.92. The SMILES string of the molecule is CCOB(OCC)OCC.[Na]. The Labute approximate surface area is 91.2 Å². The van der Waals surface area contributed by atoms with Gasteiger partial charge in [-0.15, -0.1) is 0 Å². The van der Waals surface area contributed by atoms with Crippen LogP contribution in [0.3, 0.4) is 0 Å². The zero-order valence-corrected chi connectivity index (χ0v) is 9.92. The third-order valence-electron chi connectivity index (χ3n) is 0.908. The molecule has 0 fully saturated rings. The predicted molar refractivity (Wildman–Crippen MR) is 46.4 cm³/mol. The minimum atomic E-state index is -0.472. The van der Waals surface area contributed by atoms with Crippen LogP contribution >= 0.6 is 0 Å². The quantitative estimate of drug-likeness (QED) is 0.547. The summed E-state index contributed by atoms with van der Waals surface area (Å²) in [6.07, 6.45) is 0. The van der Waals surface area contributed by atoms with E-state index in [2.05, 4.69) is 0 Å². The van der Waals surface area contributed by atoms with Crippen molar-refractivity contribution in [1.82, 2.24) is 0 Å². The van der Waals surface area contributed by atoms with Crippen LogP contribution < -0.4 is 0 Å². The minimum Gasteiger partial charge on any atom is -0.386 e. The van der Waals surface area contributed by atoms with Crippen molar-refractivity contribution >= 4 is 36.9 Å². The average Bonchev–Trinajstić information content (AvgIpc) is 1.90. The maximum absolute atomic E-state index is 5.08. The van der Waals surface area contributed by atoms with Gasteiger partial charge in [-0.2, -0.15) is 0 Å². The first kappa shape index (κ1) is 14.5. The van der Waals surface area contributed by atoms with Crippen LogP contribution in [-0.2, 0) is 14.0 Å². The van der Waals surface area contributed by atoms with Gasteiger partial charge < -0.3 is 14.0 Å². The summed E-state index contributed by atoms with van der Waals surface area (Å²) in [4.78, 5) is 0. The van der Waals surface area contributed by atoms with Crippen molar-refractivity contribution < 1.29 is 14.0 Å². The predicted octanol–water partition coefficient (Wildman–Crippen LogP) is 0.700. The summed E-state index contributed by atoms with van der Waals surface area (Å²) in [6, 6.07) is 0. The van der Waals surface area contributed by atoms with Crippen LogP contribution in [-0.4, -0.2) is 56.7 Å². The van der Waals surface area contributed by atoms with Crippen LogP contribution in [0.4, 0.5) is 0 Å². The van der Waals surface area contributed by atoms with Crippen LogP contribution in [0.2, 0.25) is 0 Å². The van der Waals surface area contributed by atoms with Gasteiger partial charge in [0.1, 0.15) is 0 Å². The molecular formula is C6H15BNaO3. The summed E-state index contributed by atoms with van der Waals surface area (Å²) in [6.45, 7) is 7.57. The van der Waals surface area contributed by atoms with E-state index in [1.54, 1.807) is 0 Å². The van der Waals surface area contributed by atoms with Crippen LogP contribution in [0, 0.1) is 0 Å². The Hall–Kier alpha value is 0.945. The summed E-state index contributed by atoms with van der Waals surface area (Å²) in [5.74, 6) is 0. The van der Waals surface area contributed by atoms with Crippen molar-refractivity contribution in [1.29, 1.82) is 0 Å². The van der Waals surface area contributed by atoms with Crippen LogP contribution in [0.5, 0.6) is 0 Å². The summed E-state index contributed by atoms with van der Waals surface area (Å²) < 4.78 is 15.2. The Morgan fingerprint density at radius 3 is 1.27 bits per heavy atom. The Kier molecular flexibility index (Phi) is 14.4. The minimum absolute atomic E-state index is 0. The van der Waals surface area contributed by atoms with Crippen molar-refractivity contribution in [2.75, 3.05) is 19.8 Å². The maximum Gasteiger partial charge on any atom is 0.639 e. The topological polar surface area (TPSA) is 27.7 Å². The third kappa shape index (κ3) is 8.85. The summed E-state index contributed by atoms with van der Waals surface area (Å²) in [5, 5.41) is 0. The second-order valence-electron chi connectivity index (χ2n) is 1.65. The van der Waals surface area contributed by atoms with E-state index >= 15 is 0 Å². The van der Waals surface area contributed by atoms with Crippen LogP contribution in [0.1, 0.15) is 20.8 Å². The molecule has 0 aromatic carbocycles. The van der Waals surface area contributed by atoms with Gasteiger partial charge in [0, 0.05) is 49.4 Å².